The molecule has 0 aliphatic heterocycles. The van der Waals surface area contributed by atoms with Gasteiger partial charge in [-0.2, -0.15) is 0 Å². The maximum absolute atomic E-state index is 13.8. The zero-order chi connectivity index (χ0) is 29.0. The van der Waals surface area contributed by atoms with Gasteiger partial charge in [-0.3, -0.25) is 33.7 Å². The molecular formula is C28H35N3O8. The van der Waals surface area contributed by atoms with E-state index in [4.69, 9.17) is 5.73 Å². The van der Waals surface area contributed by atoms with Crippen molar-refractivity contribution in [2.45, 2.75) is 57.2 Å². The van der Waals surface area contributed by atoms with Crippen LogP contribution in [0.2, 0.25) is 0 Å². The fourth-order valence-electron chi connectivity index (χ4n) is 6.78. The maximum Gasteiger partial charge on any atom is 0.235 e. The highest BCUT2D eigenvalue weighted by atomic mass is 16.3. The van der Waals surface area contributed by atoms with Crippen molar-refractivity contribution >= 4 is 34.8 Å². The number of phenols is 1. The first kappa shape index (κ1) is 28.7. The molecule has 0 spiro atoms. The first-order valence-corrected chi connectivity index (χ1v) is 13.3. The lowest BCUT2D eigenvalue weighted by molar-refractivity contribution is -0.181. The zero-order valence-electron chi connectivity index (χ0n) is 22.5. The number of ketones is 5. The minimum Gasteiger partial charge on any atom is -0.507 e. The molecule has 0 heterocycles. The molecule has 5 N–H and O–H groups in total. The second-order valence-corrected chi connectivity index (χ2v) is 11.1. The van der Waals surface area contributed by atoms with Gasteiger partial charge >= 0.3 is 0 Å². The van der Waals surface area contributed by atoms with Gasteiger partial charge in [-0.05, 0) is 63.4 Å². The monoisotopic (exact) mass is 541 g/mol. The Morgan fingerprint density at radius 1 is 1.13 bits per heavy atom. The number of primary amides is 1. The van der Waals surface area contributed by atoms with Gasteiger partial charge in [-0.25, -0.2) is 0 Å². The molecule has 1 aromatic rings. The van der Waals surface area contributed by atoms with Gasteiger partial charge in [-0.1, -0.05) is 13.8 Å². The van der Waals surface area contributed by atoms with E-state index < -0.39 is 70.1 Å². The number of hydrogen-bond acceptors (Lipinski definition) is 10. The Morgan fingerprint density at radius 2 is 1.77 bits per heavy atom. The Labute approximate surface area is 226 Å². The van der Waals surface area contributed by atoms with Crippen LogP contribution in [0.1, 0.15) is 59.4 Å². The van der Waals surface area contributed by atoms with Crippen molar-refractivity contribution in [3.63, 3.8) is 0 Å². The molecule has 11 nitrogen and oxygen atoms in total. The number of likely N-dealkylation sites (N-methyl/N-ethyl adjacent to an activating group) is 1. The summed E-state index contributed by atoms with van der Waals surface area (Å²) >= 11 is 0. The van der Waals surface area contributed by atoms with Crippen molar-refractivity contribution in [3.8, 4) is 5.75 Å². The third-order valence-electron chi connectivity index (χ3n) is 8.78. The Hall–Kier alpha value is -3.28. The lowest BCUT2D eigenvalue weighted by atomic mass is 9.52. The molecule has 3 aliphatic carbocycles. The van der Waals surface area contributed by atoms with Gasteiger partial charge in [0.25, 0.3) is 0 Å². The topological polar surface area (TPSA) is 184 Å². The van der Waals surface area contributed by atoms with Crippen LogP contribution in [0.3, 0.4) is 0 Å². The third kappa shape index (κ3) is 4.32. The molecule has 3 aliphatic rings. The summed E-state index contributed by atoms with van der Waals surface area (Å²) in [6.45, 7) is 4.02. The number of rotatable bonds is 8. The summed E-state index contributed by atoms with van der Waals surface area (Å²) in [6.07, 6.45) is 1.63. The van der Waals surface area contributed by atoms with Gasteiger partial charge in [0, 0.05) is 17.5 Å². The number of nitrogens with one attached hydrogen (secondary N) is 1. The van der Waals surface area contributed by atoms with Crippen molar-refractivity contribution in [1.29, 1.82) is 0 Å². The van der Waals surface area contributed by atoms with Gasteiger partial charge in [0.2, 0.25) is 5.91 Å². The average molecular weight is 542 g/mol. The lowest BCUT2D eigenvalue weighted by Gasteiger charge is -2.52. The van der Waals surface area contributed by atoms with Crippen molar-refractivity contribution in [2.75, 3.05) is 20.6 Å². The van der Waals surface area contributed by atoms with E-state index in [0.29, 0.717) is 5.56 Å². The Bertz CT molecular complexity index is 1270. The highest BCUT2D eigenvalue weighted by Gasteiger charge is 2.69. The molecule has 0 radical (unpaired) electrons. The number of carbonyl (C=O) groups is 6. The summed E-state index contributed by atoms with van der Waals surface area (Å²) in [6, 6.07) is 1.63. The summed E-state index contributed by atoms with van der Waals surface area (Å²) in [5.74, 6) is -11.5. The number of amides is 1. The number of carbonyl (C=O) groups excluding carboxylic acids is 6. The van der Waals surface area contributed by atoms with E-state index >= 15 is 0 Å². The quantitative estimate of drug-likeness (QED) is 0.254. The molecule has 2 saturated carbocycles. The number of fused-ring (bicyclic) bond motifs is 3. The van der Waals surface area contributed by atoms with Crippen LogP contribution in [0.25, 0.3) is 0 Å². The second-order valence-electron chi connectivity index (χ2n) is 11.1. The predicted molar refractivity (Wildman–Crippen MR) is 138 cm³/mol. The van der Waals surface area contributed by atoms with E-state index in [0.717, 1.165) is 12.8 Å². The molecular weight excluding hydrogens is 506 g/mol. The second kappa shape index (κ2) is 10.4. The predicted octanol–water partition coefficient (Wildman–Crippen LogP) is -0.172. The average Bonchev–Trinajstić information content (AvgIpc) is 2.86. The molecule has 0 saturated heterocycles. The summed E-state index contributed by atoms with van der Waals surface area (Å²) in [4.78, 5) is 80.7. The first-order valence-electron chi connectivity index (χ1n) is 13.3. The summed E-state index contributed by atoms with van der Waals surface area (Å²) < 4.78 is 0. The van der Waals surface area contributed by atoms with Crippen molar-refractivity contribution in [2.24, 2.45) is 29.4 Å². The molecule has 6 atom stereocenters. The van der Waals surface area contributed by atoms with Gasteiger partial charge in [0.1, 0.15) is 5.75 Å². The van der Waals surface area contributed by atoms with Crippen LogP contribution in [0.5, 0.6) is 5.75 Å². The van der Waals surface area contributed by atoms with Crippen LogP contribution in [0.4, 0.5) is 0 Å². The van der Waals surface area contributed by atoms with Crippen molar-refractivity contribution < 1.29 is 39.0 Å². The van der Waals surface area contributed by atoms with Crippen LogP contribution in [0.15, 0.2) is 12.1 Å². The number of Topliss-reactive ketones (excluding diaryl/α,β-unsaturated/α-hetero) is 5. The summed E-state index contributed by atoms with van der Waals surface area (Å²) in [5.41, 5.74) is 2.91. The molecule has 2 fully saturated rings. The van der Waals surface area contributed by atoms with E-state index in [9.17, 15) is 39.0 Å². The number of nitrogens with two attached hydrogens (primary N) is 1. The molecule has 4 rings (SSSR count). The number of benzene rings is 1. The fraction of sp³-hybridized carbons (Fsp3) is 0.571. The van der Waals surface area contributed by atoms with Gasteiger partial charge in [-0.15, -0.1) is 0 Å². The van der Waals surface area contributed by atoms with Crippen LogP contribution in [0, 0.1) is 23.7 Å². The first-order chi connectivity index (χ1) is 18.3. The highest BCUT2D eigenvalue weighted by Crippen LogP contribution is 2.51. The van der Waals surface area contributed by atoms with E-state index in [1.807, 2.05) is 13.8 Å². The van der Waals surface area contributed by atoms with Gasteiger partial charge < -0.3 is 21.3 Å². The van der Waals surface area contributed by atoms with Gasteiger partial charge in [0.05, 0.1) is 24.1 Å². The SMILES string of the molecule is CCC(CC)NCC(=O)c1ccc(O)c2c1C[C@H]1C[C@H]3[C@H](N(C)C)C(=O)C(C(N)=O)C(=O)[C@@]3(O)C(=O)C1C2=O. The van der Waals surface area contributed by atoms with Crippen LogP contribution >= 0.6 is 0 Å². The molecule has 2 unspecified atom stereocenters. The van der Waals surface area contributed by atoms with Gasteiger partial charge in [0.15, 0.2) is 40.4 Å². The normalized spacial score (nSPS) is 30.3. The fourth-order valence-corrected chi connectivity index (χ4v) is 6.78. The van der Waals surface area contributed by atoms with Crippen LogP contribution < -0.4 is 11.1 Å². The summed E-state index contributed by atoms with van der Waals surface area (Å²) in [7, 11) is 3.05. The maximum atomic E-state index is 13.8. The molecule has 0 bridgehead atoms. The zero-order valence-corrected chi connectivity index (χ0v) is 22.5. The third-order valence-corrected chi connectivity index (χ3v) is 8.78. The smallest absolute Gasteiger partial charge is 0.235 e. The van der Waals surface area contributed by atoms with Crippen LogP contribution in [-0.4, -0.2) is 88.3 Å². The van der Waals surface area contributed by atoms with E-state index in [1.54, 1.807) is 0 Å². The summed E-state index contributed by atoms with van der Waals surface area (Å²) in [5, 5.41) is 25.4. The molecule has 11 heteroatoms. The largest absolute Gasteiger partial charge is 0.507 e. The Balaban J connectivity index is 1.78. The molecule has 210 valence electrons. The Morgan fingerprint density at radius 3 is 2.33 bits per heavy atom. The van der Waals surface area contributed by atoms with E-state index in [1.165, 1.54) is 31.1 Å². The number of phenolic OH excluding ortho intramolecular Hbond substituents is 1. The van der Waals surface area contributed by atoms with Crippen LogP contribution in [-0.2, 0) is 25.6 Å². The number of aromatic hydroxyl groups is 1. The molecule has 1 amide bonds. The molecule has 0 aromatic heterocycles. The minimum absolute atomic E-state index is 0.0212. The van der Waals surface area contributed by atoms with Crippen molar-refractivity contribution in [3.05, 3.63) is 28.8 Å². The Kier molecular flexibility index (Phi) is 7.63. The molecule has 1 aromatic carbocycles. The number of hydrogen-bond donors (Lipinski definition) is 4. The number of nitrogens with zero attached hydrogens (tertiary/aromatic N) is 1. The highest BCUT2D eigenvalue weighted by molar-refractivity contribution is 6.32. The lowest BCUT2D eigenvalue weighted by Crippen LogP contribution is -2.74. The van der Waals surface area contributed by atoms with E-state index in [2.05, 4.69) is 5.32 Å². The van der Waals surface area contributed by atoms with Crippen molar-refractivity contribution in [1.82, 2.24) is 10.2 Å². The molecule has 39 heavy (non-hydrogen) atoms. The van der Waals surface area contributed by atoms with E-state index in [-0.39, 0.29) is 42.3 Å². The number of aliphatic hydroxyl groups is 1. The minimum atomic E-state index is -2.78. The standard InChI is InChI=1S/C28H35N3O8/c1-5-13(6-2)30-11-18(33)14-7-8-17(32)20-15(14)9-12-10-16-22(31(3)4)24(35)21(27(29)38)26(37)28(16,39)25(36)19(12)23(20)34/h7-8,12-13,16,19,21-22,30,32,39H,5-6,9-11H2,1-4H3,(H2,29,38)/t12-,16-,19?,21?,22-,28-/m0/s1.